The van der Waals surface area contributed by atoms with Gasteiger partial charge in [-0.2, -0.15) is 5.26 Å². The van der Waals surface area contributed by atoms with Crippen LogP contribution in [0.2, 0.25) is 0 Å². The van der Waals surface area contributed by atoms with Crippen molar-refractivity contribution in [1.82, 2.24) is 0 Å². The highest BCUT2D eigenvalue weighted by molar-refractivity contribution is 7.92. The van der Waals surface area contributed by atoms with Crippen LogP contribution in [0.15, 0.2) is 77.7 Å². The highest BCUT2D eigenvalue weighted by atomic mass is 32.2. The maximum absolute atomic E-state index is 13.4. The van der Waals surface area contributed by atoms with Crippen LogP contribution >= 0.6 is 0 Å². The molecule has 0 heterocycles. The molecule has 0 aliphatic rings. The van der Waals surface area contributed by atoms with Crippen molar-refractivity contribution in [3.8, 4) is 6.07 Å². The zero-order valence-corrected chi connectivity index (χ0v) is 17.5. The van der Waals surface area contributed by atoms with Gasteiger partial charge in [0.25, 0.3) is 15.9 Å². The Morgan fingerprint density at radius 1 is 1.03 bits per heavy atom. The number of nitrogens with zero attached hydrogens (tertiary/aromatic N) is 2. The predicted octanol–water partition coefficient (Wildman–Crippen LogP) is 4.33. The van der Waals surface area contributed by atoms with Gasteiger partial charge in [-0.15, -0.1) is 0 Å². The molecule has 30 heavy (non-hydrogen) atoms. The number of carbonyl (C=O) groups excluding carboxylic acids is 1. The van der Waals surface area contributed by atoms with Crippen molar-refractivity contribution < 1.29 is 13.2 Å². The molecule has 0 aliphatic heterocycles. The smallest absolute Gasteiger partial charge is 0.264 e. The summed E-state index contributed by atoms with van der Waals surface area (Å²) in [5.41, 5.74) is 2.20. The molecule has 0 aromatic heterocycles. The number of hydrogen-bond acceptors (Lipinski definition) is 4. The lowest BCUT2D eigenvalue weighted by molar-refractivity contribution is 0.102. The molecule has 0 fully saturated rings. The molecule has 6 nitrogen and oxygen atoms in total. The lowest BCUT2D eigenvalue weighted by Gasteiger charge is -2.24. The summed E-state index contributed by atoms with van der Waals surface area (Å²) in [7, 11) is -3.86. The van der Waals surface area contributed by atoms with Crippen molar-refractivity contribution in [2.75, 3.05) is 16.2 Å². The van der Waals surface area contributed by atoms with E-state index in [2.05, 4.69) is 5.32 Å². The quantitative estimate of drug-likeness (QED) is 0.644. The zero-order valence-electron chi connectivity index (χ0n) is 16.7. The van der Waals surface area contributed by atoms with E-state index >= 15 is 0 Å². The number of aryl methyl sites for hydroxylation is 1. The number of hydrogen-bond donors (Lipinski definition) is 1. The Hall–Kier alpha value is -3.63. The van der Waals surface area contributed by atoms with Gasteiger partial charge in [0.05, 0.1) is 22.2 Å². The Morgan fingerprint density at radius 3 is 2.43 bits per heavy atom. The van der Waals surface area contributed by atoms with E-state index in [1.165, 1.54) is 10.4 Å². The van der Waals surface area contributed by atoms with Gasteiger partial charge < -0.3 is 5.32 Å². The van der Waals surface area contributed by atoms with Gasteiger partial charge in [0.15, 0.2) is 0 Å². The molecular weight excluding hydrogens is 398 g/mol. The number of amides is 1. The van der Waals surface area contributed by atoms with Crippen LogP contribution in [0.3, 0.4) is 0 Å². The SMILES string of the molecule is CCN(c1ccccc1)S(=O)(=O)c1cc(C(=O)Nc2cccc(C#N)c2)ccc1C. The highest BCUT2D eigenvalue weighted by Gasteiger charge is 2.26. The lowest BCUT2D eigenvalue weighted by atomic mass is 10.1. The summed E-state index contributed by atoms with van der Waals surface area (Å²) in [6.07, 6.45) is 0. The largest absolute Gasteiger partial charge is 0.322 e. The number of nitrogens with one attached hydrogen (secondary N) is 1. The summed E-state index contributed by atoms with van der Waals surface area (Å²) in [6, 6.07) is 22.0. The Labute approximate surface area is 176 Å². The average Bonchev–Trinajstić information content (AvgIpc) is 2.75. The van der Waals surface area contributed by atoms with Crippen LogP contribution in [0.5, 0.6) is 0 Å². The Bertz CT molecular complexity index is 1220. The van der Waals surface area contributed by atoms with Crippen LogP contribution in [0, 0.1) is 18.3 Å². The first-order valence-corrected chi connectivity index (χ1v) is 10.8. The van der Waals surface area contributed by atoms with E-state index < -0.39 is 15.9 Å². The predicted molar refractivity (Wildman–Crippen MR) is 117 cm³/mol. The van der Waals surface area contributed by atoms with Crippen LogP contribution in [0.1, 0.15) is 28.4 Å². The van der Waals surface area contributed by atoms with E-state index in [0.29, 0.717) is 22.5 Å². The van der Waals surface area contributed by atoms with Crippen molar-refractivity contribution in [3.05, 3.63) is 89.5 Å². The van der Waals surface area contributed by atoms with Gasteiger partial charge in [-0.1, -0.05) is 30.3 Å². The van der Waals surface area contributed by atoms with Crippen LogP contribution < -0.4 is 9.62 Å². The van der Waals surface area contributed by atoms with Crippen molar-refractivity contribution in [2.24, 2.45) is 0 Å². The molecule has 0 aliphatic carbocycles. The molecule has 3 aromatic rings. The number of carbonyl (C=O) groups is 1. The van der Waals surface area contributed by atoms with Gasteiger partial charge in [-0.05, 0) is 61.9 Å². The Balaban J connectivity index is 1.96. The van der Waals surface area contributed by atoms with Gasteiger partial charge in [-0.25, -0.2) is 8.42 Å². The molecule has 1 N–H and O–H groups in total. The summed E-state index contributed by atoms with van der Waals surface area (Å²) < 4.78 is 28.0. The molecule has 0 saturated carbocycles. The third-order valence-corrected chi connectivity index (χ3v) is 6.64. The summed E-state index contributed by atoms with van der Waals surface area (Å²) in [6.45, 7) is 3.71. The number of rotatable bonds is 6. The summed E-state index contributed by atoms with van der Waals surface area (Å²) >= 11 is 0. The van der Waals surface area contributed by atoms with Gasteiger partial charge in [0, 0.05) is 17.8 Å². The number of anilines is 2. The molecule has 0 bridgehead atoms. The third kappa shape index (κ3) is 4.34. The zero-order chi connectivity index (χ0) is 21.7. The molecule has 0 unspecified atom stereocenters. The van der Waals surface area contributed by atoms with E-state index in [-0.39, 0.29) is 17.0 Å². The molecule has 7 heteroatoms. The van der Waals surface area contributed by atoms with E-state index in [1.807, 2.05) is 12.1 Å². The minimum absolute atomic E-state index is 0.0756. The molecule has 0 saturated heterocycles. The second-order valence-corrected chi connectivity index (χ2v) is 8.46. The minimum Gasteiger partial charge on any atom is -0.322 e. The van der Waals surface area contributed by atoms with E-state index in [0.717, 1.165) is 0 Å². The number of benzene rings is 3. The number of sulfonamides is 1. The molecular formula is C23H21N3O3S. The number of para-hydroxylation sites is 1. The lowest BCUT2D eigenvalue weighted by Crippen LogP contribution is -2.31. The Morgan fingerprint density at radius 2 is 1.77 bits per heavy atom. The molecule has 0 atom stereocenters. The van der Waals surface area contributed by atoms with E-state index in [1.54, 1.807) is 74.5 Å². The second kappa shape index (κ2) is 8.80. The van der Waals surface area contributed by atoms with Crippen LogP contribution in [0.4, 0.5) is 11.4 Å². The molecule has 3 rings (SSSR count). The third-order valence-electron chi connectivity index (χ3n) is 4.60. The van der Waals surface area contributed by atoms with Crippen LogP contribution in [-0.4, -0.2) is 20.9 Å². The van der Waals surface area contributed by atoms with Gasteiger partial charge >= 0.3 is 0 Å². The van der Waals surface area contributed by atoms with Crippen LogP contribution in [0.25, 0.3) is 0 Å². The second-order valence-electron chi connectivity index (χ2n) is 6.63. The van der Waals surface area contributed by atoms with Crippen molar-refractivity contribution in [3.63, 3.8) is 0 Å². The molecule has 152 valence electrons. The fourth-order valence-electron chi connectivity index (χ4n) is 3.09. The highest BCUT2D eigenvalue weighted by Crippen LogP contribution is 2.26. The summed E-state index contributed by atoms with van der Waals surface area (Å²) in [4.78, 5) is 12.8. The first-order chi connectivity index (χ1) is 14.4. The standard InChI is InChI=1S/C23H21N3O3S/c1-3-26(21-10-5-4-6-11-21)30(28,29)22-15-19(13-12-17(22)2)23(27)25-20-9-7-8-18(14-20)16-24/h4-15H,3H2,1-2H3,(H,25,27). The van der Waals surface area contributed by atoms with Crippen LogP contribution in [-0.2, 0) is 10.0 Å². The van der Waals surface area contributed by atoms with Crippen molar-refractivity contribution in [1.29, 1.82) is 5.26 Å². The summed E-state index contributed by atoms with van der Waals surface area (Å²) in [5.74, 6) is -0.454. The maximum Gasteiger partial charge on any atom is 0.264 e. The van der Waals surface area contributed by atoms with E-state index in [4.69, 9.17) is 5.26 Å². The molecule has 0 spiro atoms. The molecule has 3 aromatic carbocycles. The van der Waals surface area contributed by atoms with Crippen molar-refractivity contribution in [2.45, 2.75) is 18.7 Å². The van der Waals surface area contributed by atoms with Gasteiger partial charge in [0.2, 0.25) is 0 Å². The first-order valence-electron chi connectivity index (χ1n) is 9.36. The molecule has 1 amide bonds. The fraction of sp³-hybridized carbons (Fsp3) is 0.130. The molecule has 0 radical (unpaired) electrons. The summed E-state index contributed by atoms with van der Waals surface area (Å²) in [5, 5.41) is 11.7. The minimum atomic E-state index is -3.86. The van der Waals surface area contributed by atoms with E-state index in [9.17, 15) is 13.2 Å². The topological polar surface area (TPSA) is 90.3 Å². The van der Waals surface area contributed by atoms with Gasteiger partial charge in [-0.3, -0.25) is 9.10 Å². The average molecular weight is 420 g/mol. The maximum atomic E-state index is 13.4. The normalized spacial score (nSPS) is 10.8. The van der Waals surface area contributed by atoms with Gasteiger partial charge in [0.1, 0.15) is 0 Å². The Kier molecular flexibility index (Phi) is 6.19. The number of nitriles is 1. The monoisotopic (exact) mass is 419 g/mol. The first kappa shape index (κ1) is 21.1. The van der Waals surface area contributed by atoms with Crippen molar-refractivity contribution >= 4 is 27.3 Å². The fourth-order valence-corrected chi connectivity index (χ4v) is 4.82.